The molecule has 5 rings (SSSR count). The Balaban J connectivity index is 1.31. The van der Waals surface area contributed by atoms with Crippen molar-refractivity contribution in [2.24, 2.45) is 0 Å². The van der Waals surface area contributed by atoms with Crippen LogP contribution in [0.25, 0.3) is 0 Å². The van der Waals surface area contributed by atoms with Crippen molar-refractivity contribution in [1.82, 2.24) is 9.80 Å². The van der Waals surface area contributed by atoms with E-state index in [1.807, 2.05) is 0 Å². The van der Waals surface area contributed by atoms with E-state index in [1.165, 1.54) is 14.1 Å². The summed E-state index contributed by atoms with van der Waals surface area (Å²) >= 11 is 0. The highest BCUT2D eigenvalue weighted by atomic mass is 16.5. The Morgan fingerprint density at radius 1 is 0.469 bits per heavy atom. The lowest BCUT2D eigenvalue weighted by atomic mass is 10.1. The maximum Gasteiger partial charge on any atom is 0.261 e. The minimum absolute atomic E-state index is 0.310. The summed E-state index contributed by atoms with van der Waals surface area (Å²) in [5, 5.41) is 0. The molecule has 0 bridgehead atoms. The molecular formula is C24H16N2O6. The van der Waals surface area contributed by atoms with E-state index in [1.54, 1.807) is 60.7 Å². The predicted octanol–water partition coefficient (Wildman–Crippen LogP) is 3.72. The zero-order chi connectivity index (χ0) is 22.6. The SMILES string of the molecule is CN1C(=O)c2ccc(Oc3ccc(Oc4ccc5c(c4)C(=O)N(C)C5=O)cc3)cc2C1=O. The van der Waals surface area contributed by atoms with Crippen LogP contribution in [0.4, 0.5) is 0 Å². The third-order valence-electron chi connectivity index (χ3n) is 5.42. The Bertz CT molecular complexity index is 1230. The summed E-state index contributed by atoms with van der Waals surface area (Å²) in [5.74, 6) is 0.501. The smallest absolute Gasteiger partial charge is 0.261 e. The Hall–Kier alpha value is -4.46. The van der Waals surface area contributed by atoms with Crippen LogP contribution < -0.4 is 9.47 Å². The maximum absolute atomic E-state index is 12.1. The largest absolute Gasteiger partial charge is 0.457 e. The van der Waals surface area contributed by atoms with Gasteiger partial charge in [-0.25, -0.2) is 0 Å². The highest BCUT2D eigenvalue weighted by molar-refractivity contribution is 6.22. The van der Waals surface area contributed by atoms with E-state index in [-0.39, 0.29) is 23.6 Å². The molecule has 0 atom stereocenters. The van der Waals surface area contributed by atoms with E-state index < -0.39 is 0 Å². The monoisotopic (exact) mass is 428 g/mol. The first kappa shape index (κ1) is 19.5. The first-order chi connectivity index (χ1) is 15.3. The van der Waals surface area contributed by atoms with Crippen LogP contribution in [0.2, 0.25) is 0 Å². The fraction of sp³-hybridized carbons (Fsp3) is 0.0833. The Morgan fingerprint density at radius 2 is 0.781 bits per heavy atom. The lowest BCUT2D eigenvalue weighted by molar-refractivity contribution is 0.0677. The van der Waals surface area contributed by atoms with Crippen LogP contribution in [0.5, 0.6) is 23.0 Å². The van der Waals surface area contributed by atoms with Gasteiger partial charge in [0.05, 0.1) is 22.3 Å². The summed E-state index contributed by atoms with van der Waals surface area (Å²) in [7, 11) is 2.88. The van der Waals surface area contributed by atoms with Crippen LogP contribution in [0.1, 0.15) is 41.4 Å². The molecule has 32 heavy (non-hydrogen) atoms. The van der Waals surface area contributed by atoms with Crippen molar-refractivity contribution in [2.45, 2.75) is 0 Å². The van der Waals surface area contributed by atoms with Crippen molar-refractivity contribution in [3.8, 4) is 23.0 Å². The molecule has 0 saturated heterocycles. The van der Waals surface area contributed by atoms with Crippen molar-refractivity contribution < 1.29 is 28.7 Å². The first-order valence-corrected chi connectivity index (χ1v) is 9.72. The summed E-state index contributed by atoms with van der Waals surface area (Å²) in [5.41, 5.74) is 1.33. The Morgan fingerprint density at radius 3 is 1.16 bits per heavy atom. The lowest BCUT2D eigenvalue weighted by Gasteiger charge is -2.09. The molecule has 3 aromatic rings. The summed E-state index contributed by atoms with van der Waals surface area (Å²) in [6.07, 6.45) is 0. The number of carbonyl (C=O) groups is 4. The van der Waals surface area contributed by atoms with Gasteiger partial charge in [-0.05, 0) is 60.7 Å². The number of benzene rings is 3. The van der Waals surface area contributed by atoms with Crippen LogP contribution in [-0.4, -0.2) is 47.5 Å². The quantitative estimate of drug-likeness (QED) is 0.588. The minimum atomic E-state index is -0.361. The van der Waals surface area contributed by atoms with Crippen molar-refractivity contribution in [3.63, 3.8) is 0 Å². The zero-order valence-corrected chi connectivity index (χ0v) is 17.1. The minimum Gasteiger partial charge on any atom is -0.457 e. The molecule has 158 valence electrons. The summed E-state index contributed by atoms with van der Waals surface area (Å²) < 4.78 is 11.6. The molecule has 0 saturated carbocycles. The summed E-state index contributed by atoms with van der Waals surface area (Å²) in [6, 6.07) is 16.3. The third kappa shape index (κ3) is 3.01. The zero-order valence-electron chi connectivity index (χ0n) is 17.1. The number of nitrogens with zero attached hydrogens (tertiary/aromatic N) is 2. The molecule has 2 heterocycles. The second-order valence-electron chi connectivity index (χ2n) is 7.43. The van der Waals surface area contributed by atoms with E-state index in [0.29, 0.717) is 45.3 Å². The highest BCUT2D eigenvalue weighted by Crippen LogP contribution is 2.32. The van der Waals surface area contributed by atoms with E-state index in [0.717, 1.165) is 9.80 Å². The second kappa shape index (κ2) is 7.05. The molecule has 3 aromatic carbocycles. The number of ether oxygens (including phenoxy) is 2. The Kier molecular flexibility index (Phi) is 4.30. The van der Waals surface area contributed by atoms with Crippen molar-refractivity contribution in [1.29, 1.82) is 0 Å². The highest BCUT2D eigenvalue weighted by Gasteiger charge is 2.34. The fourth-order valence-electron chi connectivity index (χ4n) is 3.66. The third-order valence-corrected chi connectivity index (χ3v) is 5.42. The predicted molar refractivity (Wildman–Crippen MR) is 112 cm³/mol. The Labute approximate surface area is 182 Å². The normalized spacial score (nSPS) is 14.7. The number of fused-ring (bicyclic) bond motifs is 2. The van der Waals surface area contributed by atoms with E-state index >= 15 is 0 Å². The number of imide groups is 2. The van der Waals surface area contributed by atoms with Crippen molar-refractivity contribution >= 4 is 23.6 Å². The number of carbonyl (C=O) groups excluding carboxylic acids is 4. The summed E-state index contributed by atoms with van der Waals surface area (Å²) in [4.78, 5) is 50.4. The first-order valence-electron chi connectivity index (χ1n) is 9.72. The molecule has 4 amide bonds. The number of hydrogen-bond donors (Lipinski definition) is 0. The summed E-state index contributed by atoms with van der Waals surface area (Å²) in [6.45, 7) is 0. The van der Waals surface area contributed by atoms with Gasteiger partial charge >= 0.3 is 0 Å². The van der Waals surface area contributed by atoms with Gasteiger partial charge in [-0.3, -0.25) is 29.0 Å². The van der Waals surface area contributed by atoms with Crippen LogP contribution in [0.15, 0.2) is 60.7 Å². The maximum atomic E-state index is 12.1. The molecule has 8 nitrogen and oxygen atoms in total. The second-order valence-corrected chi connectivity index (χ2v) is 7.43. The fourth-order valence-corrected chi connectivity index (χ4v) is 3.66. The lowest BCUT2D eigenvalue weighted by Crippen LogP contribution is -2.24. The van der Waals surface area contributed by atoms with Gasteiger partial charge in [-0.15, -0.1) is 0 Å². The van der Waals surface area contributed by atoms with E-state index in [2.05, 4.69) is 0 Å². The molecule has 0 N–H and O–H groups in total. The van der Waals surface area contributed by atoms with Gasteiger partial charge in [-0.1, -0.05) is 0 Å². The van der Waals surface area contributed by atoms with Crippen molar-refractivity contribution in [3.05, 3.63) is 82.9 Å². The molecule has 8 heteroatoms. The molecule has 2 aliphatic heterocycles. The average molecular weight is 428 g/mol. The van der Waals surface area contributed by atoms with Gasteiger partial charge in [0.15, 0.2) is 0 Å². The average Bonchev–Trinajstić information content (AvgIpc) is 3.15. The van der Waals surface area contributed by atoms with Crippen LogP contribution in [0.3, 0.4) is 0 Å². The topological polar surface area (TPSA) is 93.2 Å². The molecule has 0 unspecified atom stereocenters. The van der Waals surface area contributed by atoms with Gasteiger partial charge < -0.3 is 9.47 Å². The number of rotatable bonds is 4. The molecule has 0 spiro atoms. The molecule has 0 aliphatic carbocycles. The molecule has 0 aromatic heterocycles. The van der Waals surface area contributed by atoms with Gasteiger partial charge in [0.25, 0.3) is 23.6 Å². The van der Waals surface area contributed by atoms with Crippen molar-refractivity contribution in [2.75, 3.05) is 14.1 Å². The van der Waals surface area contributed by atoms with Gasteiger partial charge in [0.2, 0.25) is 0 Å². The van der Waals surface area contributed by atoms with E-state index in [9.17, 15) is 19.2 Å². The molecular weight excluding hydrogens is 412 g/mol. The number of amides is 4. The molecule has 0 fully saturated rings. The standard InChI is InChI=1S/C24H16N2O6/c1-25-21(27)17-9-7-15(11-19(17)23(25)29)31-13-3-5-14(6-4-13)32-16-8-10-18-20(12-16)24(30)26(2)22(18)28/h3-12H,1-2H3. The number of hydrogen-bond acceptors (Lipinski definition) is 6. The van der Waals surface area contributed by atoms with Gasteiger partial charge in [-0.2, -0.15) is 0 Å². The van der Waals surface area contributed by atoms with E-state index in [4.69, 9.17) is 9.47 Å². The van der Waals surface area contributed by atoms with Crippen LogP contribution >= 0.6 is 0 Å². The van der Waals surface area contributed by atoms with Gasteiger partial charge in [0.1, 0.15) is 23.0 Å². The van der Waals surface area contributed by atoms with Gasteiger partial charge in [0, 0.05) is 14.1 Å². The molecule has 0 radical (unpaired) electrons. The van der Waals surface area contributed by atoms with Crippen LogP contribution in [-0.2, 0) is 0 Å². The molecule has 2 aliphatic rings. The van der Waals surface area contributed by atoms with Crippen LogP contribution in [0, 0.1) is 0 Å².